The van der Waals surface area contributed by atoms with Gasteiger partial charge in [0.15, 0.2) is 14.7 Å². The summed E-state index contributed by atoms with van der Waals surface area (Å²) in [5.41, 5.74) is 0.537. The Labute approximate surface area is 180 Å². The largest absolute Gasteiger partial charge is 0.465 e. The average molecular weight is 456 g/mol. The van der Waals surface area contributed by atoms with Crippen molar-refractivity contribution < 1.29 is 27.1 Å². The van der Waals surface area contributed by atoms with Crippen LogP contribution in [0.4, 0.5) is 4.39 Å². The molecule has 0 radical (unpaired) electrons. The second kappa shape index (κ2) is 9.09. The topological polar surface area (TPSA) is 80.8 Å². The van der Waals surface area contributed by atoms with Gasteiger partial charge < -0.3 is 9.64 Å². The van der Waals surface area contributed by atoms with Gasteiger partial charge in [0.25, 0.3) is 0 Å². The summed E-state index contributed by atoms with van der Waals surface area (Å²) in [6.45, 7) is 6.13. The molecule has 2 fully saturated rings. The minimum atomic E-state index is -3.42. The molecular weight excluding hydrogens is 429 g/mol. The number of benzene rings is 1. The molecule has 30 heavy (non-hydrogen) atoms. The van der Waals surface area contributed by atoms with E-state index in [9.17, 15) is 22.4 Å². The third-order valence-electron chi connectivity index (χ3n) is 5.35. The number of nitrogens with zero attached hydrogens (tertiary/aromatic N) is 1. The van der Waals surface area contributed by atoms with Crippen LogP contribution in [0.25, 0.3) is 0 Å². The zero-order valence-electron chi connectivity index (χ0n) is 17.0. The molecule has 0 amide bonds. The number of ketones is 1. The maximum atomic E-state index is 14.7. The third-order valence-corrected chi connectivity index (χ3v) is 8.25. The van der Waals surface area contributed by atoms with Crippen LogP contribution < -0.4 is 0 Å². The van der Waals surface area contributed by atoms with E-state index in [0.29, 0.717) is 29.5 Å². The zero-order chi connectivity index (χ0) is 22.1. The summed E-state index contributed by atoms with van der Waals surface area (Å²) >= 11 is 0. The Morgan fingerprint density at radius 1 is 1.30 bits per heavy atom. The van der Waals surface area contributed by atoms with Crippen molar-refractivity contribution >= 4 is 31.4 Å². The quantitative estimate of drug-likeness (QED) is 0.439. The lowest BCUT2D eigenvalue weighted by atomic mass is 9.89. The number of esters is 1. The van der Waals surface area contributed by atoms with Gasteiger partial charge in [-0.2, -0.15) is 0 Å². The van der Waals surface area contributed by atoms with Crippen molar-refractivity contribution in [1.29, 1.82) is 0 Å². The van der Waals surface area contributed by atoms with Crippen LogP contribution in [0.3, 0.4) is 0 Å². The van der Waals surface area contributed by atoms with Crippen LogP contribution in [-0.4, -0.2) is 49.7 Å². The molecule has 1 aliphatic heterocycles. The first kappa shape index (κ1) is 22.8. The van der Waals surface area contributed by atoms with Gasteiger partial charge in [-0.25, -0.2) is 12.8 Å². The molecular formula is C21H26FNO5S2. The van der Waals surface area contributed by atoms with E-state index < -0.39 is 37.9 Å². The van der Waals surface area contributed by atoms with Crippen molar-refractivity contribution in [2.24, 2.45) is 11.8 Å². The molecule has 1 aromatic carbocycles. The monoisotopic (exact) mass is 455 g/mol. The van der Waals surface area contributed by atoms with E-state index in [0.717, 1.165) is 19.1 Å². The van der Waals surface area contributed by atoms with Gasteiger partial charge in [-0.1, -0.05) is 24.8 Å². The number of Topliss-reactive ketones (excluding diaryl/α,β-unsaturated/α-hetero) is 1. The van der Waals surface area contributed by atoms with Crippen molar-refractivity contribution in [3.63, 3.8) is 0 Å². The molecule has 3 atom stereocenters. The van der Waals surface area contributed by atoms with Crippen LogP contribution in [0, 0.1) is 17.7 Å². The van der Waals surface area contributed by atoms with E-state index in [2.05, 4.69) is 6.58 Å². The summed E-state index contributed by atoms with van der Waals surface area (Å²) < 4.78 is 43.6. The Morgan fingerprint density at radius 2 is 1.97 bits per heavy atom. The van der Waals surface area contributed by atoms with Crippen molar-refractivity contribution in [1.82, 2.24) is 4.90 Å². The molecule has 9 heteroatoms. The maximum absolute atomic E-state index is 14.7. The molecule has 0 spiro atoms. The predicted molar refractivity (Wildman–Crippen MR) is 114 cm³/mol. The second-order valence-corrected chi connectivity index (χ2v) is 12.2. The molecule has 1 saturated heterocycles. The molecule has 1 heterocycles. The number of ether oxygens (including phenoxy) is 1. The number of carbonyl (C=O) groups is 2. The fourth-order valence-electron chi connectivity index (χ4n) is 3.88. The number of carbonyl (C=O) groups excluding carboxylic acids is 2. The Hall–Kier alpha value is -1.87. The fourth-order valence-corrected chi connectivity index (χ4v) is 6.87. The Bertz CT molecular complexity index is 944. The highest BCUT2D eigenvalue weighted by molar-refractivity contribution is 8.72. The normalized spacial score (nSPS) is 23.2. The molecule has 6 nitrogen and oxygen atoms in total. The molecule has 2 aliphatic rings. The molecule has 1 saturated carbocycles. The number of piperidine rings is 1. The summed E-state index contributed by atoms with van der Waals surface area (Å²) in [6.07, 6.45) is 2.94. The van der Waals surface area contributed by atoms with E-state index in [1.54, 1.807) is 30.0 Å². The molecule has 1 aliphatic carbocycles. The van der Waals surface area contributed by atoms with E-state index in [4.69, 9.17) is 4.74 Å². The van der Waals surface area contributed by atoms with Crippen LogP contribution >= 0.6 is 10.8 Å². The van der Waals surface area contributed by atoms with Gasteiger partial charge in [-0.15, -0.1) is 0 Å². The predicted octanol–water partition coefficient (Wildman–Crippen LogP) is 3.31. The lowest BCUT2D eigenvalue weighted by Crippen LogP contribution is -2.47. The summed E-state index contributed by atoms with van der Waals surface area (Å²) in [5, 5.41) is -0.583. The summed E-state index contributed by atoms with van der Waals surface area (Å²) in [6, 6.07) is 5.21. The van der Waals surface area contributed by atoms with E-state index in [1.165, 1.54) is 6.07 Å². The molecule has 0 N–H and O–H groups in total. The van der Waals surface area contributed by atoms with Crippen LogP contribution in [0.1, 0.15) is 37.8 Å². The first-order valence-corrected chi connectivity index (χ1v) is 13.2. The lowest BCUT2D eigenvalue weighted by Gasteiger charge is -2.43. The molecule has 1 aromatic rings. The van der Waals surface area contributed by atoms with Crippen LogP contribution in [0.2, 0.25) is 0 Å². The van der Waals surface area contributed by atoms with Crippen molar-refractivity contribution in [2.45, 2.75) is 37.5 Å². The molecule has 3 unspecified atom stereocenters. The molecule has 164 valence electrons. The van der Waals surface area contributed by atoms with Gasteiger partial charge in [-0.3, -0.25) is 9.59 Å². The highest BCUT2D eigenvalue weighted by Gasteiger charge is 2.46. The lowest BCUT2D eigenvalue weighted by molar-refractivity contribution is -0.148. The number of likely N-dealkylation sites (tertiary alicyclic amines) is 1. The van der Waals surface area contributed by atoms with E-state index in [-0.39, 0.29) is 23.9 Å². The van der Waals surface area contributed by atoms with Gasteiger partial charge in [0.1, 0.15) is 17.8 Å². The van der Waals surface area contributed by atoms with Crippen LogP contribution in [0.15, 0.2) is 36.5 Å². The Kier molecular flexibility index (Phi) is 6.91. The average Bonchev–Trinajstić information content (AvgIpc) is 3.49. The summed E-state index contributed by atoms with van der Waals surface area (Å²) in [7, 11) is -2.71. The number of rotatable bonds is 8. The summed E-state index contributed by atoms with van der Waals surface area (Å²) in [5.74, 6) is -2.24. The van der Waals surface area contributed by atoms with Gasteiger partial charge >= 0.3 is 5.97 Å². The first-order chi connectivity index (χ1) is 14.1. The number of hydrogen-bond donors (Lipinski definition) is 0. The molecule has 0 aromatic heterocycles. The number of hydrogen-bond acceptors (Lipinski definition) is 7. The van der Waals surface area contributed by atoms with Crippen molar-refractivity contribution in [2.75, 3.05) is 19.4 Å². The maximum Gasteiger partial charge on any atom is 0.316 e. The second-order valence-electron chi connectivity index (χ2n) is 7.64. The zero-order valence-corrected chi connectivity index (χ0v) is 18.7. The fraction of sp³-hybridized carbons (Fsp3) is 0.524. The first-order valence-electron chi connectivity index (χ1n) is 9.92. The Morgan fingerprint density at radius 3 is 2.53 bits per heavy atom. The van der Waals surface area contributed by atoms with E-state index in [1.807, 2.05) is 0 Å². The van der Waals surface area contributed by atoms with Crippen LogP contribution in [-0.2, 0) is 23.2 Å². The van der Waals surface area contributed by atoms with E-state index >= 15 is 0 Å². The van der Waals surface area contributed by atoms with Crippen LogP contribution in [0.5, 0.6) is 0 Å². The molecule has 3 rings (SSSR count). The number of halogens is 1. The highest BCUT2D eigenvalue weighted by Crippen LogP contribution is 2.44. The summed E-state index contributed by atoms with van der Waals surface area (Å²) in [4.78, 5) is 27.5. The van der Waals surface area contributed by atoms with Crippen molar-refractivity contribution in [3.8, 4) is 0 Å². The van der Waals surface area contributed by atoms with Gasteiger partial charge in [0.2, 0.25) is 0 Å². The third kappa shape index (κ3) is 5.06. The smallest absolute Gasteiger partial charge is 0.316 e. The van der Waals surface area contributed by atoms with Crippen molar-refractivity contribution in [3.05, 3.63) is 47.9 Å². The molecule has 0 bridgehead atoms. The van der Waals surface area contributed by atoms with Gasteiger partial charge in [0.05, 0.1) is 6.61 Å². The minimum absolute atomic E-state index is 0.0990. The highest BCUT2D eigenvalue weighted by atomic mass is 33.1. The standard InChI is InChI=1S/C21H26FNO5S2/c1-4-28-21(25)18-13(2)23(12-11-17(18)29-30(3,26)27)19(20(24)14-9-10-14)15-7-5-6-8-16(15)22/h5-8,14,17-19H,2,4,9-12H2,1,3H3. The minimum Gasteiger partial charge on any atom is -0.465 e. The SMILES string of the molecule is C=C1C(C(=O)OCC)C(SS(C)(=O)=O)CCN1C(C(=O)C1CC1)c1ccccc1F. The van der Waals surface area contributed by atoms with Gasteiger partial charge in [0, 0.05) is 35.2 Å². The van der Waals surface area contributed by atoms with Gasteiger partial charge in [-0.05, 0) is 43.0 Å². The Balaban J connectivity index is 1.98.